The Morgan fingerprint density at radius 2 is 2.04 bits per heavy atom. The number of amides is 1. The number of hydrogen-bond donors (Lipinski definition) is 0. The molecule has 28 heavy (non-hydrogen) atoms. The van der Waals surface area contributed by atoms with Gasteiger partial charge in [-0.1, -0.05) is 18.2 Å². The number of aryl methyl sites for hydroxylation is 1. The summed E-state index contributed by atoms with van der Waals surface area (Å²) in [6.07, 6.45) is 1.70. The van der Waals surface area contributed by atoms with E-state index in [0.717, 1.165) is 46.4 Å². The second-order valence-corrected chi connectivity index (χ2v) is 8.89. The molecule has 0 spiro atoms. The van der Waals surface area contributed by atoms with Gasteiger partial charge in [0, 0.05) is 23.6 Å². The van der Waals surface area contributed by atoms with Gasteiger partial charge in [0.2, 0.25) is 5.91 Å². The summed E-state index contributed by atoms with van der Waals surface area (Å²) in [5, 5.41) is 4.80. The Labute approximate surface area is 173 Å². The molecule has 3 aromatic rings. The number of aromatic nitrogens is 2. The van der Waals surface area contributed by atoms with Gasteiger partial charge in [0.05, 0.1) is 29.2 Å². The standard InChI is InChI=1S/C21H23N3O2S2/c1-15-20(16(2)24(22-15)17-7-4-3-5-8-17)21-23(19(25)14-28-21)10-12-27-13-18-9-6-11-26-18/h3-9,11,21H,10,12-14H2,1-2H3. The van der Waals surface area contributed by atoms with Crippen LogP contribution in [0.2, 0.25) is 0 Å². The first kappa shape index (κ1) is 19.2. The third-order valence-corrected chi connectivity index (χ3v) is 7.04. The summed E-state index contributed by atoms with van der Waals surface area (Å²) in [6, 6.07) is 14.0. The summed E-state index contributed by atoms with van der Waals surface area (Å²) in [5.41, 5.74) is 4.30. The van der Waals surface area contributed by atoms with Crippen molar-refractivity contribution in [2.24, 2.45) is 0 Å². The molecule has 0 saturated carbocycles. The lowest BCUT2D eigenvalue weighted by Crippen LogP contribution is -2.30. The van der Waals surface area contributed by atoms with Crippen LogP contribution in [0.15, 0.2) is 53.1 Å². The molecule has 7 heteroatoms. The van der Waals surface area contributed by atoms with Gasteiger partial charge < -0.3 is 9.32 Å². The molecule has 0 aliphatic carbocycles. The van der Waals surface area contributed by atoms with Gasteiger partial charge in [0.25, 0.3) is 0 Å². The molecule has 1 saturated heterocycles. The molecule has 1 aromatic carbocycles. The third-order valence-electron chi connectivity index (χ3n) is 4.86. The number of nitrogens with zero attached hydrogens (tertiary/aromatic N) is 3. The van der Waals surface area contributed by atoms with Crippen molar-refractivity contribution >= 4 is 29.4 Å². The molecule has 1 aliphatic heterocycles. The molecule has 1 amide bonds. The number of hydrogen-bond acceptors (Lipinski definition) is 5. The van der Waals surface area contributed by atoms with E-state index in [2.05, 4.69) is 19.1 Å². The van der Waals surface area contributed by atoms with Gasteiger partial charge in [-0.3, -0.25) is 4.79 Å². The number of para-hydroxylation sites is 1. The molecule has 1 aliphatic rings. The number of carbonyl (C=O) groups excluding carboxylic acids is 1. The van der Waals surface area contributed by atoms with Crippen LogP contribution in [0.1, 0.15) is 28.1 Å². The van der Waals surface area contributed by atoms with E-state index in [1.807, 2.05) is 46.8 Å². The quantitative estimate of drug-likeness (QED) is 0.530. The van der Waals surface area contributed by atoms with Crippen molar-refractivity contribution in [1.29, 1.82) is 0 Å². The number of benzene rings is 1. The molecule has 1 fully saturated rings. The predicted octanol–water partition coefficient (Wildman–Crippen LogP) is 4.59. The van der Waals surface area contributed by atoms with Crippen molar-refractivity contribution in [3.8, 4) is 5.69 Å². The Bertz CT molecular complexity index is 938. The highest BCUT2D eigenvalue weighted by atomic mass is 32.2. The molecule has 0 N–H and O–H groups in total. The Morgan fingerprint density at radius 3 is 2.79 bits per heavy atom. The third kappa shape index (κ3) is 3.86. The number of rotatable bonds is 7. The first-order valence-electron chi connectivity index (χ1n) is 9.28. The second-order valence-electron chi connectivity index (χ2n) is 6.71. The molecule has 3 heterocycles. The van der Waals surface area contributed by atoms with Crippen LogP contribution in [-0.4, -0.2) is 38.6 Å². The van der Waals surface area contributed by atoms with Gasteiger partial charge in [0.1, 0.15) is 11.1 Å². The highest BCUT2D eigenvalue weighted by molar-refractivity contribution is 8.00. The van der Waals surface area contributed by atoms with Crippen LogP contribution in [-0.2, 0) is 10.5 Å². The van der Waals surface area contributed by atoms with E-state index >= 15 is 0 Å². The van der Waals surface area contributed by atoms with Gasteiger partial charge in [-0.15, -0.1) is 11.8 Å². The van der Waals surface area contributed by atoms with Crippen molar-refractivity contribution < 1.29 is 9.21 Å². The molecule has 5 nitrogen and oxygen atoms in total. The number of thioether (sulfide) groups is 2. The molecular weight excluding hydrogens is 390 g/mol. The molecule has 0 bridgehead atoms. The summed E-state index contributed by atoms with van der Waals surface area (Å²) in [5.74, 6) is 3.42. The molecule has 146 valence electrons. The van der Waals surface area contributed by atoms with E-state index in [0.29, 0.717) is 5.75 Å². The zero-order chi connectivity index (χ0) is 19.5. The minimum Gasteiger partial charge on any atom is -0.468 e. The minimum absolute atomic E-state index is 0.0363. The normalized spacial score (nSPS) is 16.9. The van der Waals surface area contributed by atoms with Crippen molar-refractivity contribution in [3.63, 3.8) is 0 Å². The minimum atomic E-state index is 0.0363. The smallest absolute Gasteiger partial charge is 0.233 e. The molecular formula is C21H23N3O2S2. The second kappa shape index (κ2) is 8.49. The summed E-state index contributed by atoms with van der Waals surface area (Å²) >= 11 is 3.49. The van der Waals surface area contributed by atoms with Gasteiger partial charge in [0.15, 0.2) is 0 Å². The number of carbonyl (C=O) groups is 1. The van der Waals surface area contributed by atoms with E-state index in [4.69, 9.17) is 9.52 Å². The first-order chi connectivity index (χ1) is 13.6. The molecule has 0 radical (unpaired) electrons. The fourth-order valence-corrected chi connectivity index (χ4v) is 5.71. The highest BCUT2D eigenvalue weighted by Crippen LogP contribution is 2.41. The SMILES string of the molecule is Cc1nn(-c2ccccc2)c(C)c1C1SCC(=O)N1CCSCc1ccco1. The van der Waals surface area contributed by atoms with Gasteiger partial charge in [-0.25, -0.2) is 4.68 Å². The van der Waals surface area contributed by atoms with Crippen LogP contribution < -0.4 is 0 Å². The number of furan rings is 1. The summed E-state index contributed by atoms with van der Waals surface area (Å²) in [7, 11) is 0. The van der Waals surface area contributed by atoms with Crippen molar-refractivity contribution in [2.75, 3.05) is 18.1 Å². The largest absolute Gasteiger partial charge is 0.468 e. The Hall–Kier alpha value is -2.12. The zero-order valence-corrected chi connectivity index (χ0v) is 17.6. The van der Waals surface area contributed by atoms with Crippen molar-refractivity contribution in [2.45, 2.75) is 25.0 Å². The van der Waals surface area contributed by atoms with Crippen molar-refractivity contribution in [1.82, 2.24) is 14.7 Å². The lowest BCUT2D eigenvalue weighted by atomic mass is 10.1. The van der Waals surface area contributed by atoms with E-state index in [-0.39, 0.29) is 11.3 Å². The lowest BCUT2D eigenvalue weighted by molar-refractivity contribution is -0.127. The van der Waals surface area contributed by atoms with E-state index in [9.17, 15) is 4.79 Å². The highest BCUT2D eigenvalue weighted by Gasteiger charge is 2.36. The summed E-state index contributed by atoms with van der Waals surface area (Å²) in [6.45, 7) is 4.86. The summed E-state index contributed by atoms with van der Waals surface area (Å²) in [4.78, 5) is 14.5. The lowest BCUT2D eigenvalue weighted by Gasteiger charge is -2.24. The Morgan fingerprint density at radius 1 is 1.21 bits per heavy atom. The van der Waals surface area contributed by atoms with Crippen LogP contribution in [0.5, 0.6) is 0 Å². The Kier molecular flexibility index (Phi) is 5.82. The van der Waals surface area contributed by atoms with E-state index in [1.54, 1.807) is 29.8 Å². The monoisotopic (exact) mass is 413 g/mol. The topological polar surface area (TPSA) is 51.3 Å². The molecule has 2 aromatic heterocycles. The zero-order valence-electron chi connectivity index (χ0n) is 16.0. The first-order valence-corrected chi connectivity index (χ1v) is 11.5. The van der Waals surface area contributed by atoms with Gasteiger partial charge >= 0.3 is 0 Å². The molecule has 4 rings (SSSR count). The van der Waals surface area contributed by atoms with Crippen LogP contribution in [0.3, 0.4) is 0 Å². The van der Waals surface area contributed by atoms with Crippen LogP contribution in [0.4, 0.5) is 0 Å². The molecule has 1 atom stereocenters. The average Bonchev–Trinajstić information content (AvgIpc) is 3.41. The predicted molar refractivity (Wildman–Crippen MR) is 115 cm³/mol. The van der Waals surface area contributed by atoms with Crippen LogP contribution in [0.25, 0.3) is 5.69 Å². The fourth-order valence-electron chi connectivity index (χ4n) is 3.50. The molecule has 1 unspecified atom stereocenters. The Balaban J connectivity index is 1.49. The maximum absolute atomic E-state index is 12.5. The van der Waals surface area contributed by atoms with Gasteiger partial charge in [-0.05, 0) is 38.1 Å². The van der Waals surface area contributed by atoms with Crippen LogP contribution in [0, 0.1) is 13.8 Å². The van der Waals surface area contributed by atoms with E-state index < -0.39 is 0 Å². The fraction of sp³-hybridized carbons (Fsp3) is 0.333. The average molecular weight is 414 g/mol. The van der Waals surface area contributed by atoms with Gasteiger partial charge in [-0.2, -0.15) is 16.9 Å². The van der Waals surface area contributed by atoms with E-state index in [1.165, 1.54) is 0 Å². The van der Waals surface area contributed by atoms with Crippen LogP contribution >= 0.6 is 23.5 Å². The maximum Gasteiger partial charge on any atom is 0.233 e. The maximum atomic E-state index is 12.5. The van der Waals surface area contributed by atoms with Crippen molar-refractivity contribution in [3.05, 3.63) is 71.4 Å². The summed E-state index contributed by atoms with van der Waals surface area (Å²) < 4.78 is 7.36.